The molecule has 0 radical (unpaired) electrons. The number of nitrogens with one attached hydrogen (secondary N) is 1. The smallest absolute Gasteiger partial charge is 0.325 e. The van der Waals surface area contributed by atoms with Crippen LogP contribution in [0.4, 0.5) is 0 Å². The lowest BCUT2D eigenvalue weighted by molar-refractivity contribution is -0.148. The normalized spacial score (nSPS) is 14.5. The van der Waals surface area contributed by atoms with Gasteiger partial charge in [-0.25, -0.2) is 0 Å². The zero-order chi connectivity index (χ0) is 12.4. The van der Waals surface area contributed by atoms with Crippen molar-refractivity contribution >= 4 is 17.7 Å². The van der Waals surface area contributed by atoms with Crippen LogP contribution in [0.3, 0.4) is 0 Å². The quantitative estimate of drug-likeness (QED) is 0.493. The highest BCUT2D eigenvalue weighted by Crippen LogP contribution is 2.16. The number of methoxy groups -OCH3 is 2. The Hall–Kier alpha value is -0.260. The topological polar surface area (TPSA) is 47.6 Å². The van der Waals surface area contributed by atoms with Gasteiger partial charge >= 0.3 is 5.97 Å². The number of carbonyl (C=O) groups is 1. The summed E-state index contributed by atoms with van der Waals surface area (Å²) >= 11 is 1.84. The van der Waals surface area contributed by atoms with Crippen LogP contribution in [0.15, 0.2) is 0 Å². The second-order valence-electron chi connectivity index (χ2n) is 3.78. The molecule has 0 aliphatic rings. The van der Waals surface area contributed by atoms with Crippen molar-refractivity contribution in [1.29, 1.82) is 0 Å². The van der Waals surface area contributed by atoms with E-state index >= 15 is 0 Å². The Morgan fingerprint density at radius 2 is 2.06 bits per heavy atom. The Morgan fingerprint density at radius 3 is 2.56 bits per heavy atom. The van der Waals surface area contributed by atoms with E-state index in [1.54, 1.807) is 14.2 Å². The summed E-state index contributed by atoms with van der Waals surface area (Å²) in [6, 6.07) is 0. The summed E-state index contributed by atoms with van der Waals surface area (Å²) < 4.78 is 9.73. The summed E-state index contributed by atoms with van der Waals surface area (Å²) in [4.78, 5) is 11.5. The van der Waals surface area contributed by atoms with Crippen molar-refractivity contribution in [1.82, 2.24) is 5.32 Å². The van der Waals surface area contributed by atoms with E-state index in [-0.39, 0.29) is 5.97 Å². The molecule has 1 unspecified atom stereocenters. The molecule has 4 nitrogen and oxygen atoms in total. The van der Waals surface area contributed by atoms with E-state index in [0.29, 0.717) is 0 Å². The van der Waals surface area contributed by atoms with Crippen molar-refractivity contribution in [3.8, 4) is 0 Å². The highest BCUT2D eigenvalue weighted by molar-refractivity contribution is 7.99. The summed E-state index contributed by atoms with van der Waals surface area (Å²) in [6.07, 6.45) is 1.77. The van der Waals surface area contributed by atoms with Gasteiger partial charge in [0.05, 0.1) is 13.7 Å². The number of esters is 1. The van der Waals surface area contributed by atoms with Crippen LogP contribution in [0.2, 0.25) is 0 Å². The van der Waals surface area contributed by atoms with Crippen LogP contribution in [-0.2, 0) is 14.3 Å². The fraction of sp³-hybridized carbons (Fsp3) is 0.909. The molecule has 0 rings (SSSR count). The fourth-order valence-corrected chi connectivity index (χ4v) is 2.16. The van der Waals surface area contributed by atoms with Gasteiger partial charge in [0, 0.05) is 12.9 Å². The van der Waals surface area contributed by atoms with Crippen molar-refractivity contribution in [3.05, 3.63) is 0 Å². The third-order valence-corrected chi connectivity index (χ3v) is 3.62. The highest BCUT2D eigenvalue weighted by atomic mass is 32.2. The highest BCUT2D eigenvalue weighted by Gasteiger charge is 2.31. The lowest BCUT2D eigenvalue weighted by Gasteiger charge is -2.25. The molecule has 0 spiro atoms. The molecule has 1 N–H and O–H groups in total. The van der Waals surface area contributed by atoms with Gasteiger partial charge in [-0.1, -0.05) is 0 Å². The predicted octanol–water partition coefficient (Wildman–Crippen LogP) is 1.30. The second-order valence-corrected chi connectivity index (χ2v) is 5.01. The maximum absolute atomic E-state index is 11.5. The standard InChI is InChI=1S/C11H23NO3S/c1-11(12-2,10(13)15-4)6-5-8-16-9-7-14-3/h12H,5-9H2,1-4H3. The molecule has 0 aliphatic carbocycles. The van der Waals surface area contributed by atoms with Gasteiger partial charge in [-0.2, -0.15) is 11.8 Å². The summed E-state index contributed by atoms with van der Waals surface area (Å²) in [5, 5.41) is 3.02. The van der Waals surface area contributed by atoms with Crippen LogP contribution in [0.25, 0.3) is 0 Å². The van der Waals surface area contributed by atoms with Crippen molar-refractivity contribution < 1.29 is 14.3 Å². The first-order valence-corrected chi connectivity index (χ1v) is 6.60. The van der Waals surface area contributed by atoms with Gasteiger partial charge in [-0.15, -0.1) is 0 Å². The molecule has 0 heterocycles. The van der Waals surface area contributed by atoms with E-state index < -0.39 is 5.54 Å². The number of carbonyl (C=O) groups excluding carboxylic acids is 1. The molecule has 0 aromatic carbocycles. The molecule has 16 heavy (non-hydrogen) atoms. The Kier molecular flexibility index (Phi) is 8.70. The molecule has 0 fully saturated rings. The van der Waals surface area contributed by atoms with Gasteiger partial charge in [0.1, 0.15) is 5.54 Å². The van der Waals surface area contributed by atoms with E-state index in [9.17, 15) is 4.79 Å². The molecular weight excluding hydrogens is 226 g/mol. The third kappa shape index (κ3) is 5.72. The molecule has 1 atom stereocenters. The van der Waals surface area contributed by atoms with Crippen LogP contribution < -0.4 is 5.32 Å². The Bertz CT molecular complexity index is 202. The molecule has 0 amide bonds. The number of likely N-dealkylation sites (N-methyl/N-ethyl adjacent to an activating group) is 1. The average Bonchev–Trinajstić information content (AvgIpc) is 2.32. The van der Waals surface area contributed by atoms with Gasteiger partial charge in [0.2, 0.25) is 0 Å². The maximum Gasteiger partial charge on any atom is 0.325 e. The maximum atomic E-state index is 11.5. The lowest BCUT2D eigenvalue weighted by atomic mass is 9.97. The first kappa shape index (κ1) is 15.7. The van der Waals surface area contributed by atoms with E-state index in [1.165, 1.54) is 7.11 Å². The van der Waals surface area contributed by atoms with Gasteiger partial charge in [0.25, 0.3) is 0 Å². The number of thioether (sulfide) groups is 1. The summed E-state index contributed by atoms with van der Waals surface area (Å²) in [5.41, 5.74) is -0.559. The summed E-state index contributed by atoms with van der Waals surface area (Å²) in [6.45, 7) is 2.66. The van der Waals surface area contributed by atoms with Crippen LogP contribution in [0.5, 0.6) is 0 Å². The van der Waals surface area contributed by atoms with Crippen molar-refractivity contribution in [2.24, 2.45) is 0 Å². The molecule has 0 aromatic rings. The lowest BCUT2D eigenvalue weighted by Crippen LogP contribution is -2.48. The van der Waals surface area contributed by atoms with Crippen LogP contribution in [0.1, 0.15) is 19.8 Å². The Balaban J connectivity index is 3.74. The molecule has 0 bridgehead atoms. The number of hydrogen-bond donors (Lipinski definition) is 1. The monoisotopic (exact) mass is 249 g/mol. The van der Waals surface area contributed by atoms with Crippen molar-refractivity contribution in [2.75, 3.05) is 39.4 Å². The van der Waals surface area contributed by atoms with Crippen molar-refractivity contribution in [3.63, 3.8) is 0 Å². The molecule has 0 saturated heterocycles. The molecule has 96 valence electrons. The zero-order valence-corrected chi connectivity index (χ0v) is 11.5. The van der Waals surface area contributed by atoms with E-state index in [4.69, 9.17) is 9.47 Å². The average molecular weight is 249 g/mol. The van der Waals surface area contributed by atoms with Gasteiger partial charge in [-0.3, -0.25) is 4.79 Å². The van der Waals surface area contributed by atoms with E-state index in [2.05, 4.69) is 5.32 Å². The minimum atomic E-state index is -0.559. The summed E-state index contributed by atoms with van der Waals surface area (Å²) in [7, 11) is 4.91. The van der Waals surface area contributed by atoms with E-state index in [0.717, 1.165) is 31.0 Å². The Morgan fingerprint density at radius 1 is 1.38 bits per heavy atom. The molecular formula is C11H23NO3S. The van der Waals surface area contributed by atoms with Gasteiger partial charge < -0.3 is 14.8 Å². The van der Waals surface area contributed by atoms with Crippen LogP contribution in [0, 0.1) is 0 Å². The SMILES string of the molecule is CNC(C)(CCCSCCOC)C(=O)OC. The molecule has 5 heteroatoms. The number of rotatable bonds is 9. The number of ether oxygens (including phenoxy) is 2. The zero-order valence-electron chi connectivity index (χ0n) is 10.7. The fourth-order valence-electron chi connectivity index (χ4n) is 1.33. The molecule has 0 aliphatic heterocycles. The largest absolute Gasteiger partial charge is 0.468 e. The minimum Gasteiger partial charge on any atom is -0.468 e. The number of hydrogen-bond acceptors (Lipinski definition) is 5. The molecule has 0 aromatic heterocycles. The van der Waals surface area contributed by atoms with Crippen LogP contribution >= 0.6 is 11.8 Å². The Labute approximate surface area is 102 Å². The predicted molar refractivity (Wildman–Crippen MR) is 67.9 cm³/mol. The van der Waals surface area contributed by atoms with Crippen LogP contribution in [-0.4, -0.2) is 50.9 Å². The first-order chi connectivity index (χ1) is 7.60. The summed E-state index contributed by atoms with van der Waals surface area (Å²) in [5.74, 6) is 1.85. The third-order valence-electron chi connectivity index (χ3n) is 2.58. The second kappa shape index (κ2) is 8.84. The van der Waals surface area contributed by atoms with E-state index in [1.807, 2.05) is 18.7 Å². The van der Waals surface area contributed by atoms with Gasteiger partial charge in [0.15, 0.2) is 0 Å². The first-order valence-electron chi connectivity index (χ1n) is 5.44. The molecule has 0 saturated carbocycles. The van der Waals surface area contributed by atoms with Crippen molar-refractivity contribution in [2.45, 2.75) is 25.3 Å². The van der Waals surface area contributed by atoms with Gasteiger partial charge in [-0.05, 0) is 32.6 Å². The minimum absolute atomic E-state index is 0.197.